The average Bonchev–Trinajstić information content (AvgIpc) is 3.38. The van der Waals surface area contributed by atoms with Gasteiger partial charge in [-0.3, -0.25) is 9.59 Å². The normalized spacial score (nSPS) is 15.6. The van der Waals surface area contributed by atoms with Crippen LogP contribution in [0.3, 0.4) is 0 Å². The second-order valence-electron chi connectivity index (χ2n) is 9.50. The molecule has 1 aromatic heterocycles. The Morgan fingerprint density at radius 2 is 1.48 bits per heavy atom. The molecular weight excluding hydrogens is 518 g/mol. The van der Waals surface area contributed by atoms with Gasteiger partial charge in [0.25, 0.3) is 0 Å². The molecule has 0 spiro atoms. The van der Waals surface area contributed by atoms with Crippen LogP contribution >= 0.6 is 0 Å². The summed E-state index contributed by atoms with van der Waals surface area (Å²) < 4.78 is 5.31. The fourth-order valence-electron chi connectivity index (χ4n) is 4.53. The molecule has 4 rings (SSSR count). The number of benzene rings is 2. The van der Waals surface area contributed by atoms with Crippen LogP contribution in [0.2, 0.25) is 0 Å². The van der Waals surface area contributed by atoms with Crippen LogP contribution in [-0.2, 0) is 32.0 Å². The smallest absolute Gasteiger partial charge is 0.328 e. The summed E-state index contributed by atoms with van der Waals surface area (Å²) in [5.41, 5.74) is 2.36. The standard InChI is InChI=1S/C28H33N5O7/c34-17-24(27(37)38)31-26(36)23(15-19-16-29-21-9-5-4-8-20(19)21)30-25(35)22(14-18-6-2-1-3-7-18)32-28(39)33-10-12-40-13-11-33/h1-9,16,22-24,29,34H,10-15,17H2,(H,30,35)(H,31,36)(H,32,39)(H,37,38)/t22-,23-,24-/m0/s1. The summed E-state index contributed by atoms with van der Waals surface area (Å²) in [6.45, 7) is 0.738. The molecular formula is C28H33N5O7. The molecule has 0 saturated carbocycles. The Hall–Kier alpha value is -4.42. The molecule has 1 aliphatic rings. The van der Waals surface area contributed by atoms with Gasteiger partial charge in [-0.25, -0.2) is 9.59 Å². The topological polar surface area (TPSA) is 173 Å². The van der Waals surface area contributed by atoms with Crippen molar-refractivity contribution in [1.29, 1.82) is 0 Å². The van der Waals surface area contributed by atoms with Crippen LogP contribution < -0.4 is 16.0 Å². The molecule has 2 heterocycles. The molecule has 6 N–H and O–H groups in total. The van der Waals surface area contributed by atoms with Gasteiger partial charge in [-0.15, -0.1) is 0 Å². The number of carbonyl (C=O) groups is 4. The number of rotatable bonds is 11. The van der Waals surface area contributed by atoms with E-state index in [1.165, 1.54) is 0 Å². The number of ether oxygens (including phenoxy) is 1. The molecule has 1 saturated heterocycles. The molecule has 40 heavy (non-hydrogen) atoms. The first-order valence-electron chi connectivity index (χ1n) is 13.0. The lowest BCUT2D eigenvalue weighted by Gasteiger charge is -2.30. The number of nitrogens with zero attached hydrogens (tertiary/aromatic N) is 1. The molecule has 3 aromatic rings. The Kier molecular flexibility index (Phi) is 9.71. The molecule has 0 aliphatic carbocycles. The molecule has 0 radical (unpaired) electrons. The molecule has 4 amide bonds. The number of carbonyl (C=O) groups excluding carboxylic acids is 3. The number of nitrogens with one attached hydrogen (secondary N) is 4. The summed E-state index contributed by atoms with van der Waals surface area (Å²) in [5.74, 6) is -2.80. The third-order valence-electron chi connectivity index (χ3n) is 6.72. The summed E-state index contributed by atoms with van der Waals surface area (Å²) in [7, 11) is 0. The minimum atomic E-state index is -1.55. The molecule has 1 fully saturated rings. The first kappa shape index (κ1) is 28.6. The van der Waals surface area contributed by atoms with E-state index in [-0.39, 0.29) is 12.8 Å². The third kappa shape index (κ3) is 7.36. The zero-order chi connectivity index (χ0) is 28.5. The lowest BCUT2D eigenvalue weighted by molar-refractivity contribution is -0.143. The predicted molar refractivity (Wildman–Crippen MR) is 145 cm³/mol. The number of amides is 4. The molecule has 0 bridgehead atoms. The van der Waals surface area contributed by atoms with Crippen LogP contribution in [0.25, 0.3) is 10.9 Å². The van der Waals surface area contributed by atoms with Crippen LogP contribution in [0, 0.1) is 0 Å². The molecule has 12 heteroatoms. The van der Waals surface area contributed by atoms with E-state index in [4.69, 9.17) is 4.74 Å². The highest BCUT2D eigenvalue weighted by Gasteiger charge is 2.31. The largest absolute Gasteiger partial charge is 0.480 e. The predicted octanol–water partition coefficient (Wildman–Crippen LogP) is 0.410. The van der Waals surface area contributed by atoms with Crippen molar-refractivity contribution in [2.75, 3.05) is 32.9 Å². The number of fused-ring (bicyclic) bond motifs is 1. The Morgan fingerprint density at radius 3 is 2.15 bits per heavy atom. The summed E-state index contributed by atoms with van der Waals surface area (Å²) in [6.07, 6.45) is 1.92. The average molecular weight is 552 g/mol. The zero-order valence-corrected chi connectivity index (χ0v) is 21.8. The van der Waals surface area contributed by atoms with Crippen LogP contribution in [0.5, 0.6) is 0 Å². The highest BCUT2D eigenvalue weighted by Crippen LogP contribution is 2.19. The van der Waals surface area contributed by atoms with Crippen LogP contribution in [-0.4, -0.2) is 94.9 Å². The van der Waals surface area contributed by atoms with Crippen molar-refractivity contribution in [3.05, 3.63) is 71.9 Å². The third-order valence-corrected chi connectivity index (χ3v) is 6.72. The maximum absolute atomic E-state index is 13.6. The van der Waals surface area contributed by atoms with Crippen LogP contribution in [0.4, 0.5) is 4.79 Å². The Bertz CT molecular complexity index is 1320. The van der Waals surface area contributed by atoms with Gasteiger partial charge >= 0.3 is 12.0 Å². The van der Waals surface area contributed by atoms with Gasteiger partial charge in [0.1, 0.15) is 18.1 Å². The van der Waals surface area contributed by atoms with Crippen molar-refractivity contribution in [2.24, 2.45) is 0 Å². The van der Waals surface area contributed by atoms with Gasteiger partial charge in [-0.2, -0.15) is 0 Å². The fraction of sp³-hybridized carbons (Fsp3) is 0.357. The zero-order valence-electron chi connectivity index (χ0n) is 21.8. The quantitative estimate of drug-likeness (QED) is 0.200. The van der Waals surface area contributed by atoms with Gasteiger partial charge in [-0.05, 0) is 17.2 Å². The van der Waals surface area contributed by atoms with E-state index >= 15 is 0 Å². The van der Waals surface area contributed by atoms with Crippen LogP contribution in [0.1, 0.15) is 11.1 Å². The number of hydrogen-bond acceptors (Lipinski definition) is 6. The number of aliphatic carboxylic acids is 1. The second kappa shape index (κ2) is 13.6. The highest BCUT2D eigenvalue weighted by molar-refractivity contribution is 5.94. The van der Waals surface area contributed by atoms with Gasteiger partial charge in [0, 0.05) is 43.0 Å². The first-order valence-corrected chi connectivity index (χ1v) is 13.0. The Morgan fingerprint density at radius 1 is 0.850 bits per heavy atom. The second-order valence-corrected chi connectivity index (χ2v) is 9.50. The van der Waals surface area contributed by atoms with Crippen LogP contribution in [0.15, 0.2) is 60.8 Å². The summed E-state index contributed by atoms with van der Waals surface area (Å²) in [6, 6.07) is 12.4. The fourth-order valence-corrected chi connectivity index (χ4v) is 4.53. The number of hydrogen-bond donors (Lipinski definition) is 6. The van der Waals surface area contributed by atoms with Gasteiger partial charge in [0.2, 0.25) is 11.8 Å². The summed E-state index contributed by atoms with van der Waals surface area (Å²) >= 11 is 0. The lowest BCUT2D eigenvalue weighted by Crippen LogP contribution is -2.59. The number of urea groups is 1. The van der Waals surface area contributed by atoms with E-state index in [1.807, 2.05) is 54.6 Å². The number of H-pyrrole nitrogens is 1. The number of aromatic amines is 1. The molecule has 0 unspecified atom stereocenters. The summed E-state index contributed by atoms with van der Waals surface area (Å²) in [4.78, 5) is 56.0. The van der Waals surface area contributed by atoms with Crippen molar-refractivity contribution in [1.82, 2.24) is 25.8 Å². The van der Waals surface area contributed by atoms with Crippen molar-refractivity contribution >= 4 is 34.7 Å². The summed E-state index contributed by atoms with van der Waals surface area (Å²) in [5, 5.41) is 27.4. The van der Waals surface area contributed by atoms with Gasteiger partial charge in [-0.1, -0.05) is 48.5 Å². The molecule has 212 valence electrons. The van der Waals surface area contributed by atoms with Gasteiger partial charge in [0.15, 0.2) is 0 Å². The van der Waals surface area contributed by atoms with Gasteiger partial charge in [0.05, 0.1) is 19.8 Å². The Balaban J connectivity index is 1.57. The molecule has 3 atom stereocenters. The number of aromatic nitrogens is 1. The number of carboxylic acids is 1. The monoisotopic (exact) mass is 551 g/mol. The van der Waals surface area contributed by atoms with E-state index in [1.54, 1.807) is 11.1 Å². The SMILES string of the molecule is O=C(O)[C@H](CO)NC(=O)[C@H](Cc1c[nH]c2ccccc12)NC(=O)[C@H](Cc1ccccc1)NC(=O)N1CCOCC1. The van der Waals surface area contributed by atoms with E-state index in [0.717, 1.165) is 22.0 Å². The molecule has 1 aliphatic heterocycles. The molecule has 2 aromatic carbocycles. The highest BCUT2D eigenvalue weighted by atomic mass is 16.5. The van der Waals surface area contributed by atoms with E-state index < -0.39 is 48.5 Å². The number of aliphatic hydroxyl groups is 1. The molecule has 12 nitrogen and oxygen atoms in total. The van der Waals surface area contributed by atoms with E-state index in [2.05, 4.69) is 20.9 Å². The lowest BCUT2D eigenvalue weighted by atomic mass is 10.0. The maximum atomic E-state index is 13.6. The van der Waals surface area contributed by atoms with E-state index in [9.17, 15) is 29.4 Å². The van der Waals surface area contributed by atoms with Gasteiger partial charge < -0.3 is 40.8 Å². The van der Waals surface area contributed by atoms with Crippen molar-refractivity contribution in [3.63, 3.8) is 0 Å². The first-order chi connectivity index (χ1) is 19.4. The minimum absolute atomic E-state index is 0.0365. The number of morpholine rings is 1. The number of aliphatic hydroxyl groups excluding tert-OH is 1. The van der Waals surface area contributed by atoms with Crippen molar-refractivity contribution in [3.8, 4) is 0 Å². The van der Waals surface area contributed by atoms with Crippen molar-refractivity contribution in [2.45, 2.75) is 31.0 Å². The Labute approximate surface area is 230 Å². The maximum Gasteiger partial charge on any atom is 0.328 e. The number of para-hydroxylation sites is 1. The minimum Gasteiger partial charge on any atom is -0.480 e. The van der Waals surface area contributed by atoms with E-state index in [0.29, 0.717) is 26.3 Å². The number of carboxylic acid groups (broad SMARTS) is 1. The van der Waals surface area contributed by atoms with Crippen molar-refractivity contribution < 1.29 is 34.1 Å².